The molecule has 1 heterocycles. The van der Waals surface area contributed by atoms with Crippen LogP contribution in [0.2, 0.25) is 5.02 Å². The third-order valence-corrected chi connectivity index (χ3v) is 4.99. The molecule has 1 saturated heterocycles. The summed E-state index contributed by atoms with van der Waals surface area (Å²) in [5.74, 6) is 3.72. The molecule has 1 aromatic carbocycles. The highest BCUT2D eigenvalue weighted by Gasteiger charge is 2.26. The summed E-state index contributed by atoms with van der Waals surface area (Å²) in [6, 6.07) is 5.89. The second kappa shape index (κ2) is 7.41. The van der Waals surface area contributed by atoms with Crippen LogP contribution in [-0.4, -0.2) is 30.7 Å². The van der Waals surface area contributed by atoms with Crippen molar-refractivity contribution in [3.8, 4) is 5.75 Å². The van der Waals surface area contributed by atoms with Gasteiger partial charge in [-0.15, -0.1) is 0 Å². The molecular weight excluding hydrogens is 278 g/mol. The first-order chi connectivity index (χ1) is 9.22. The van der Waals surface area contributed by atoms with Gasteiger partial charge in [-0.2, -0.15) is 11.8 Å². The van der Waals surface area contributed by atoms with Crippen LogP contribution in [-0.2, 0) is 0 Å². The van der Waals surface area contributed by atoms with E-state index in [0.717, 1.165) is 40.9 Å². The molecule has 1 N–H and O–H groups in total. The number of ether oxygens (including phenoxy) is 1. The summed E-state index contributed by atoms with van der Waals surface area (Å²) < 4.78 is 6.27. The second-order valence-corrected chi connectivity index (χ2v) is 6.66. The van der Waals surface area contributed by atoms with Crippen LogP contribution in [0.5, 0.6) is 5.75 Å². The van der Waals surface area contributed by atoms with Gasteiger partial charge >= 0.3 is 0 Å². The Morgan fingerprint density at radius 2 is 2.37 bits per heavy atom. The van der Waals surface area contributed by atoms with Gasteiger partial charge in [0.25, 0.3) is 0 Å². The van der Waals surface area contributed by atoms with Crippen LogP contribution in [0.3, 0.4) is 0 Å². The Hall–Kier alpha value is -0.380. The van der Waals surface area contributed by atoms with Crippen molar-refractivity contribution < 1.29 is 4.74 Å². The van der Waals surface area contributed by atoms with Crippen LogP contribution in [0.4, 0.5) is 0 Å². The molecule has 0 bridgehead atoms. The van der Waals surface area contributed by atoms with E-state index in [-0.39, 0.29) is 6.10 Å². The standard InChI is InChI=1S/C15H22ClNOS/c1-3-19-10-15(12-7-8-17-9-12)18-14-6-4-5-13(16)11(14)2/h4-6,12,15,17H,3,7-10H2,1-2H3/t12?,15-/m1/s1. The van der Waals surface area contributed by atoms with E-state index in [9.17, 15) is 0 Å². The summed E-state index contributed by atoms with van der Waals surface area (Å²) in [7, 11) is 0. The highest BCUT2D eigenvalue weighted by molar-refractivity contribution is 7.99. The number of thioether (sulfide) groups is 1. The predicted octanol–water partition coefficient (Wildman–Crippen LogP) is 3.76. The van der Waals surface area contributed by atoms with Crippen molar-refractivity contribution in [2.24, 2.45) is 5.92 Å². The highest BCUT2D eigenvalue weighted by Crippen LogP contribution is 2.29. The minimum Gasteiger partial charge on any atom is -0.489 e. The van der Waals surface area contributed by atoms with E-state index in [1.807, 2.05) is 36.9 Å². The van der Waals surface area contributed by atoms with Crippen LogP contribution in [0.1, 0.15) is 18.9 Å². The first kappa shape index (κ1) is 15.0. The molecule has 0 radical (unpaired) electrons. The number of benzene rings is 1. The SMILES string of the molecule is CCSC[C@@H](Oc1cccc(Cl)c1C)C1CCNC1. The Morgan fingerprint density at radius 1 is 1.53 bits per heavy atom. The van der Waals surface area contributed by atoms with Crippen molar-refractivity contribution >= 4 is 23.4 Å². The number of hydrogen-bond donors (Lipinski definition) is 1. The molecule has 2 rings (SSSR count). The van der Waals surface area contributed by atoms with Gasteiger partial charge in [-0.25, -0.2) is 0 Å². The Morgan fingerprint density at radius 3 is 3.05 bits per heavy atom. The van der Waals surface area contributed by atoms with E-state index in [1.54, 1.807) is 0 Å². The average molecular weight is 300 g/mol. The van der Waals surface area contributed by atoms with Gasteiger partial charge in [-0.3, -0.25) is 0 Å². The summed E-state index contributed by atoms with van der Waals surface area (Å²) in [4.78, 5) is 0. The molecule has 1 fully saturated rings. The number of hydrogen-bond acceptors (Lipinski definition) is 3. The molecule has 1 unspecified atom stereocenters. The van der Waals surface area contributed by atoms with E-state index in [1.165, 1.54) is 6.42 Å². The molecular formula is C15H22ClNOS. The Balaban J connectivity index is 2.07. The molecule has 0 saturated carbocycles. The zero-order chi connectivity index (χ0) is 13.7. The minimum absolute atomic E-state index is 0.275. The number of halogens is 1. The molecule has 2 nitrogen and oxygen atoms in total. The van der Waals surface area contributed by atoms with Crippen LogP contribution in [0, 0.1) is 12.8 Å². The van der Waals surface area contributed by atoms with Crippen LogP contribution >= 0.6 is 23.4 Å². The zero-order valence-electron chi connectivity index (χ0n) is 11.6. The van der Waals surface area contributed by atoms with Gasteiger partial charge in [0.2, 0.25) is 0 Å². The Kier molecular flexibility index (Phi) is 5.86. The molecule has 0 spiro atoms. The average Bonchev–Trinajstić information content (AvgIpc) is 2.93. The molecule has 0 aromatic heterocycles. The van der Waals surface area contributed by atoms with Crippen molar-refractivity contribution in [2.75, 3.05) is 24.6 Å². The van der Waals surface area contributed by atoms with Gasteiger partial charge in [-0.05, 0) is 37.8 Å². The van der Waals surface area contributed by atoms with Gasteiger partial charge in [0.05, 0.1) is 0 Å². The number of rotatable bonds is 6. The molecule has 0 aliphatic carbocycles. The molecule has 1 aliphatic rings. The summed E-state index contributed by atoms with van der Waals surface area (Å²) in [6.07, 6.45) is 1.48. The minimum atomic E-state index is 0.275. The normalized spacial score (nSPS) is 20.5. The first-order valence-corrected chi connectivity index (χ1v) is 8.46. The fourth-order valence-electron chi connectivity index (χ4n) is 2.37. The fraction of sp³-hybridized carbons (Fsp3) is 0.600. The van der Waals surface area contributed by atoms with Crippen LogP contribution < -0.4 is 10.1 Å². The van der Waals surface area contributed by atoms with Crippen LogP contribution in [0.25, 0.3) is 0 Å². The summed E-state index contributed by atoms with van der Waals surface area (Å²) in [5.41, 5.74) is 1.04. The quantitative estimate of drug-likeness (QED) is 0.864. The fourth-order valence-corrected chi connectivity index (χ4v) is 3.35. The maximum atomic E-state index is 6.27. The lowest BCUT2D eigenvalue weighted by Gasteiger charge is -2.25. The summed E-state index contributed by atoms with van der Waals surface area (Å²) >= 11 is 8.11. The van der Waals surface area contributed by atoms with E-state index < -0.39 is 0 Å². The zero-order valence-corrected chi connectivity index (χ0v) is 13.2. The van der Waals surface area contributed by atoms with E-state index >= 15 is 0 Å². The largest absolute Gasteiger partial charge is 0.489 e. The monoisotopic (exact) mass is 299 g/mol. The van der Waals surface area contributed by atoms with Gasteiger partial charge in [0.15, 0.2) is 0 Å². The maximum Gasteiger partial charge on any atom is 0.124 e. The molecule has 19 heavy (non-hydrogen) atoms. The number of nitrogens with one attached hydrogen (secondary N) is 1. The molecule has 0 amide bonds. The molecule has 4 heteroatoms. The van der Waals surface area contributed by atoms with Crippen molar-refractivity contribution in [1.29, 1.82) is 0 Å². The maximum absolute atomic E-state index is 6.27. The lowest BCUT2D eigenvalue weighted by Crippen LogP contribution is -2.31. The third kappa shape index (κ3) is 4.04. The van der Waals surface area contributed by atoms with Crippen LogP contribution in [0.15, 0.2) is 18.2 Å². The first-order valence-electron chi connectivity index (χ1n) is 6.92. The van der Waals surface area contributed by atoms with Crippen molar-refractivity contribution in [2.45, 2.75) is 26.4 Å². The highest BCUT2D eigenvalue weighted by atomic mass is 35.5. The lowest BCUT2D eigenvalue weighted by molar-refractivity contribution is 0.164. The third-order valence-electron chi connectivity index (χ3n) is 3.61. The van der Waals surface area contributed by atoms with Gasteiger partial charge in [-0.1, -0.05) is 24.6 Å². The smallest absolute Gasteiger partial charge is 0.124 e. The van der Waals surface area contributed by atoms with Crippen molar-refractivity contribution in [3.05, 3.63) is 28.8 Å². The molecule has 106 valence electrons. The van der Waals surface area contributed by atoms with Gasteiger partial charge in [0.1, 0.15) is 11.9 Å². The van der Waals surface area contributed by atoms with Gasteiger partial charge in [0, 0.05) is 28.8 Å². The lowest BCUT2D eigenvalue weighted by atomic mass is 10.0. The van der Waals surface area contributed by atoms with Gasteiger partial charge < -0.3 is 10.1 Å². The van der Waals surface area contributed by atoms with E-state index in [2.05, 4.69) is 12.2 Å². The molecule has 1 aliphatic heterocycles. The predicted molar refractivity (Wildman–Crippen MR) is 84.6 cm³/mol. The van der Waals surface area contributed by atoms with Crippen molar-refractivity contribution in [3.63, 3.8) is 0 Å². The Bertz CT molecular complexity index is 407. The summed E-state index contributed by atoms with van der Waals surface area (Å²) in [5, 5.41) is 4.21. The topological polar surface area (TPSA) is 21.3 Å². The Labute approximate surface area is 125 Å². The second-order valence-electron chi connectivity index (χ2n) is 4.93. The molecule has 2 atom stereocenters. The summed E-state index contributed by atoms with van der Waals surface area (Å²) in [6.45, 7) is 6.39. The molecule has 1 aromatic rings. The van der Waals surface area contributed by atoms with Crippen molar-refractivity contribution in [1.82, 2.24) is 5.32 Å². The van der Waals surface area contributed by atoms with E-state index in [0.29, 0.717) is 5.92 Å². The van der Waals surface area contributed by atoms with E-state index in [4.69, 9.17) is 16.3 Å².